The van der Waals surface area contributed by atoms with Crippen LogP contribution in [0.15, 0.2) is 18.3 Å². The number of rotatable bonds is 2. The van der Waals surface area contributed by atoms with Crippen molar-refractivity contribution in [3.8, 4) is 0 Å². The molecule has 0 saturated heterocycles. The maximum Gasteiger partial charge on any atom is 0.236 e. The van der Waals surface area contributed by atoms with Crippen LogP contribution < -0.4 is 5.32 Å². The van der Waals surface area contributed by atoms with Crippen molar-refractivity contribution in [2.24, 2.45) is 0 Å². The summed E-state index contributed by atoms with van der Waals surface area (Å²) < 4.78 is 0. The van der Waals surface area contributed by atoms with E-state index in [1.54, 1.807) is 6.20 Å². The fourth-order valence-corrected chi connectivity index (χ4v) is 0.921. The van der Waals surface area contributed by atoms with Gasteiger partial charge in [0.15, 0.2) is 0 Å². The van der Waals surface area contributed by atoms with Crippen molar-refractivity contribution in [1.29, 1.82) is 0 Å². The Balaban J connectivity index is 2.69. The number of hydrogen-bond donors (Lipinski definition) is 1. The van der Waals surface area contributed by atoms with Crippen molar-refractivity contribution in [3.63, 3.8) is 0 Å². The molecule has 1 aromatic heterocycles. The second kappa shape index (κ2) is 4.21. The van der Waals surface area contributed by atoms with Crippen LogP contribution in [0.3, 0.4) is 0 Å². The monoisotopic (exact) mass is 228 g/mol. The third-order valence-corrected chi connectivity index (χ3v) is 1.81. The SMILES string of the molecule is Cc1ccnc(NC(=O)CBr)c1. The maximum atomic E-state index is 10.9. The number of aromatic nitrogens is 1. The van der Waals surface area contributed by atoms with E-state index in [0.717, 1.165) is 5.56 Å². The first-order valence-corrected chi connectivity index (χ1v) is 4.63. The summed E-state index contributed by atoms with van der Waals surface area (Å²) in [6.45, 7) is 1.95. The van der Waals surface area contributed by atoms with E-state index in [-0.39, 0.29) is 5.91 Å². The Kier molecular flexibility index (Phi) is 3.22. The molecule has 1 aromatic rings. The minimum absolute atomic E-state index is 0.0897. The molecule has 12 heavy (non-hydrogen) atoms. The summed E-state index contributed by atoms with van der Waals surface area (Å²) in [6, 6.07) is 3.70. The summed E-state index contributed by atoms with van der Waals surface area (Å²) in [5.41, 5.74) is 1.08. The average molecular weight is 229 g/mol. The second-order valence-corrected chi connectivity index (χ2v) is 2.96. The molecule has 0 saturated carbocycles. The molecule has 1 heterocycles. The number of nitrogens with zero attached hydrogens (tertiary/aromatic N) is 1. The number of anilines is 1. The average Bonchev–Trinajstić information content (AvgIpc) is 2.04. The van der Waals surface area contributed by atoms with Gasteiger partial charge in [0, 0.05) is 6.20 Å². The minimum atomic E-state index is -0.0897. The molecule has 0 unspecified atom stereocenters. The van der Waals surface area contributed by atoms with E-state index in [0.29, 0.717) is 11.1 Å². The fourth-order valence-electron chi connectivity index (χ4n) is 0.781. The van der Waals surface area contributed by atoms with Gasteiger partial charge in [-0.3, -0.25) is 4.79 Å². The van der Waals surface area contributed by atoms with Crippen LogP contribution in [0.25, 0.3) is 0 Å². The summed E-state index contributed by atoms with van der Waals surface area (Å²) in [4.78, 5) is 14.9. The van der Waals surface area contributed by atoms with Crippen LogP contribution in [-0.4, -0.2) is 16.2 Å². The van der Waals surface area contributed by atoms with E-state index < -0.39 is 0 Å². The van der Waals surface area contributed by atoms with Crippen molar-refractivity contribution in [2.45, 2.75) is 6.92 Å². The first-order valence-electron chi connectivity index (χ1n) is 3.51. The van der Waals surface area contributed by atoms with Crippen molar-refractivity contribution in [3.05, 3.63) is 23.9 Å². The number of nitrogens with one attached hydrogen (secondary N) is 1. The summed E-state index contributed by atoms with van der Waals surface area (Å²) in [6.07, 6.45) is 1.67. The van der Waals surface area contributed by atoms with E-state index in [9.17, 15) is 4.79 Å². The van der Waals surface area contributed by atoms with Crippen LogP contribution in [0, 0.1) is 6.92 Å². The van der Waals surface area contributed by atoms with Gasteiger partial charge in [-0.15, -0.1) is 0 Å². The molecule has 0 aliphatic rings. The van der Waals surface area contributed by atoms with Crippen LogP contribution in [0.5, 0.6) is 0 Å². The third kappa shape index (κ3) is 2.62. The van der Waals surface area contributed by atoms with Gasteiger partial charge in [-0.1, -0.05) is 15.9 Å². The Morgan fingerprint density at radius 2 is 2.50 bits per heavy atom. The van der Waals surface area contributed by atoms with E-state index in [1.807, 2.05) is 19.1 Å². The summed E-state index contributed by atoms with van der Waals surface area (Å²) in [5, 5.41) is 2.93. The minimum Gasteiger partial charge on any atom is -0.310 e. The highest BCUT2D eigenvalue weighted by Gasteiger charge is 1.99. The summed E-state index contributed by atoms with van der Waals surface area (Å²) in [5.74, 6) is 0.507. The number of hydrogen-bond acceptors (Lipinski definition) is 2. The number of carbonyl (C=O) groups excluding carboxylic acids is 1. The Morgan fingerprint density at radius 3 is 3.08 bits per heavy atom. The number of alkyl halides is 1. The lowest BCUT2D eigenvalue weighted by Crippen LogP contribution is -2.13. The first-order chi connectivity index (χ1) is 5.72. The highest BCUT2D eigenvalue weighted by molar-refractivity contribution is 9.09. The van der Waals surface area contributed by atoms with Gasteiger partial charge in [-0.25, -0.2) is 4.98 Å². The maximum absolute atomic E-state index is 10.9. The third-order valence-electron chi connectivity index (χ3n) is 1.30. The van der Waals surface area contributed by atoms with Crippen molar-refractivity contribution < 1.29 is 4.79 Å². The largest absolute Gasteiger partial charge is 0.310 e. The fraction of sp³-hybridized carbons (Fsp3) is 0.250. The Morgan fingerprint density at radius 1 is 1.75 bits per heavy atom. The number of halogens is 1. The van der Waals surface area contributed by atoms with Crippen LogP contribution >= 0.6 is 15.9 Å². The summed E-state index contributed by atoms with van der Waals surface area (Å²) in [7, 11) is 0. The lowest BCUT2D eigenvalue weighted by molar-refractivity contribution is -0.113. The zero-order valence-electron chi connectivity index (χ0n) is 6.67. The number of pyridine rings is 1. The molecule has 1 amide bonds. The molecule has 0 aliphatic carbocycles. The van der Waals surface area contributed by atoms with Gasteiger partial charge in [0.05, 0.1) is 5.33 Å². The molecule has 3 nitrogen and oxygen atoms in total. The first kappa shape index (κ1) is 9.19. The quantitative estimate of drug-likeness (QED) is 0.784. The highest BCUT2D eigenvalue weighted by atomic mass is 79.9. The van der Waals surface area contributed by atoms with Crippen LogP contribution in [0.4, 0.5) is 5.82 Å². The molecule has 0 aromatic carbocycles. The lowest BCUT2D eigenvalue weighted by atomic mass is 10.3. The van der Waals surface area contributed by atoms with Crippen LogP contribution in [0.1, 0.15) is 5.56 Å². The molecule has 0 atom stereocenters. The molecule has 0 radical (unpaired) electrons. The zero-order valence-corrected chi connectivity index (χ0v) is 8.26. The Bertz CT molecular complexity index is 288. The predicted octanol–water partition coefficient (Wildman–Crippen LogP) is 1.72. The van der Waals surface area contributed by atoms with Crippen LogP contribution in [-0.2, 0) is 4.79 Å². The van der Waals surface area contributed by atoms with E-state index in [1.165, 1.54) is 0 Å². The zero-order chi connectivity index (χ0) is 8.97. The van der Waals surface area contributed by atoms with Crippen molar-refractivity contribution in [1.82, 2.24) is 4.98 Å². The van der Waals surface area contributed by atoms with Gasteiger partial charge in [-0.05, 0) is 24.6 Å². The molecule has 1 N–H and O–H groups in total. The molecule has 0 spiro atoms. The van der Waals surface area contributed by atoms with Gasteiger partial charge in [-0.2, -0.15) is 0 Å². The van der Waals surface area contributed by atoms with Crippen molar-refractivity contribution in [2.75, 3.05) is 10.6 Å². The van der Waals surface area contributed by atoms with Gasteiger partial charge < -0.3 is 5.32 Å². The normalized spacial score (nSPS) is 9.50. The predicted molar refractivity (Wildman–Crippen MR) is 51.4 cm³/mol. The molecule has 1 rings (SSSR count). The van der Waals surface area contributed by atoms with E-state index in [2.05, 4.69) is 26.2 Å². The lowest BCUT2D eigenvalue weighted by Gasteiger charge is -2.01. The van der Waals surface area contributed by atoms with Gasteiger partial charge >= 0.3 is 0 Å². The number of amides is 1. The molecular weight excluding hydrogens is 220 g/mol. The highest BCUT2D eigenvalue weighted by Crippen LogP contribution is 2.04. The van der Waals surface area contributed by atoms with Crippen molar-refractivity contribution >= 4 is 27.7 Å². The topological polar surface area (TPSA) is 42.0 Å². The van der Waals surface area contributed by atoms with Gasteiger partial charge in [0.25, 0.3) is 0 Å². The van der Waals surface area contributed by atoms with E-state index in [4.69, 9.17) is 0 Å². The van der Waals surface area contributed by atoms with Crippen LogP contribution in [0.2, 0.25) is 0 Å². The number of carbonyl (C=O) groups is 1. The summed E-state index contributed by atoms with van der Waals surface area (Å²) >= 11 is 3.05. The second-order valence-electron chi connectivity index (χ2n) is 2.40. The molecule has 0 aliphatic heterocycles. The number of aryl methyl sites for hydroxylation is 1. The molecule has 0 fully saturated rings. The molecule has 4 heteroatoms. The Labute approximate surface area is 79.3 Å². The molecule has 0 bridgehead atoms. The molecule has 64 valence electrons. The van der Waals surface area contributed by atoms with E-state index >= 15 is 0 Å². The molecular formula is C8H9BrN2O. The standard InChI is InChI=1S/C8H9BrN2O/c1-6-2-3-10-7(4-6)11-8(12)5-9/h2-4H,5H2,1H3,(H,10,11,12). The smallest absolute Gasteiger partial charge is 0.236 e. The van der Waals surface area contributed by atoms with Gasteiger partial charge in [0.2, 0.25) is 5.91 Å². The Hall–Kier alpha value is -0.900. The van der Waals surface area contributed by atoms with Gasteiger partial charge in [0.1, 0.15) is 5.82 Å².